The van der Waals surface area contributed by atoms with Crippen LogP contribution >= 0.6 is 0 Å². The molecule has 1 aromatic rings. The number of nitrogens with two attached hydrogens (primary N) is 1. The average molecular weight is 258 g/mol. The summed E-state index contributed by atoms with van der Waals surface area (Å²) in [7, 11) is -3.13. The van der Waals surface area contributed by atoms with E-state index in [1.54, 1.807) is 24.3 Å². The molecule has 1 aromatic carbocycles. The van der Waals surface area contributed by atoms with Gasteiger partial charge >= 0.3 is 0 Å². The third-order valence-corrected chi connectivity index (χ3v) is 3.46. The van der Waals surface area contributed by atoms with Crippen LogP contribution in [-0.4, -0.2) is 39.0 Å². The summed E-state index contributed by atoms with van der Waals surface area (Å²) in [5.74, 6) is 0. The van der Waals surface area contributed by atoms with E-state index < -0.39 is 15.9 Å². The second-order valence-electron chi connectivity index (χ2n) is 3.94. The monoisotopic (exact) mass is 258 g/mol. The summed E-state index contributed by atoms with van der Waals surface area (Å²) in [5, 5.41) is 12.3. The Hall–Kier alpha value is -0.950. The number of sulfone groups is 1. The lowest BCUT2D eigenvalue weighted by Crippen LogP contribution is -2.32. The van der Waals surface area contributed by atoms with Gasteiger partial charge in [0.05, 0.1) is 11.0 Å². The predicted molar refractivity (Wildman–Crippen MR) is 66.3 cm³/mol. The van der Waals surface area contributed by atoms with E-state index in [0.29, 0.717) is 18.0 Å². The van der Waals surface area contributed by atoms with E-state index in [9.17, 15) is 13.5 Å². The summed E-state index contributed by atoms with van der Waals surface area (Å²) in [6.07, 6.45) is 0.628. The maximum absolute atomic E-state index is 11.2. The van der Waals surface area contributed by atoms with Crippen LogP contribution in [0.25, 0.3) is 0 Å². The van der Waals surface area contributed by atoms with E-state index in [4.69, 9.17) is 5.73 Å². The summed E-state index contributed by atoms with van der Waals surface area (Å²) in [6.45, 7) is 1.21. The minimum atomic E-state index is -3.13. The molecule has 0 aliphatic heterocycles. The van der Waals surface area contributed by atoms with Gasteiger partial charge in [-0.25, -0.2) is 8.42 Å². The average Bonchev–Trinajstić information content (AvgIpc) is 2.28. The molecule has 0 saturated carbocycles. The van der Waals surface area contributed by atoms with Crippen molar-refractivity contribution in [2.75, 3.05) is 19.3 Å². The van der Waals surface area contributed by atoms with Gasteiger partial charge in [0, 0.05) is 25.9 Å². The molecule has 4 N–H and O–H groups in total. The third-order valence-electron chi connectivity index (χ3n) is 2.33. The highest BCUT2D eigenvalue weighted by Gasteiger charge is 2.06. The van der Waals surface area contributed by atoms with Gasteiger partial charge in [-0.05, 0) is 17.7 Å². The Kier molecular flexibility index (Phi) is 5.07. The lowest BCUT2D eigenvalue weighted by Gasteiger charge is -2.09. The maximum Gasteiger partial charge on any atom is 0.175 e. The lowest BCUT2D eigenvalue weighted by molar-refractivity contribution is 0.179. The summed E-state index contributed by atoms with van der Waals surface area (Å²) in [5.41, 5.74) is 6.22. The van der Waals surface area contributed by atoms with Crippen molar-refractivity contribution in [2.45, 2.75) is 17.5 Å². The van der Waals surface area contributed by atoms with Gasteiger partial charge in [-0.1, -0.05) is 12.1 Å². The quantitative estimate of drug-likeness (QED) is 0.639. The number of hydrogen-bond acceptors (Lipinski definition) is 5. The van der Waals surface area contributed by atoms with E-state index in [-0.39, 0.29) is 6.54 Å². The SMILES string of the molecule is CS(=O)(=O)c1ccc(CNCC(O)CN)cc1. The molecule has 0 aliphatic rings. The van der Waals surface area contributed by atoms with Gasteiger partial charge in [0.2, 0.25) is 0 Å². The molecule has 6 heteroatoms. The molecule has 0 fully saturated rings. The molecule has 0 bridgehead atoms. The third kappa shape index (κ3) is 4.82. The van der Waals surface area contributed by atoms with Crippen molar-refractivity contribution in [3.05, 3.63) is 29.8 Å². The number of rotatable bonds is 6. The number of hydrogen-bond donors (Lipinski definition) is 3. The molecular weight excluding hydrogens is 240 g/mol. The minimum Gasteiger partial charge on any atom is -0.390 e. The highest BCUT2D eigenvalue weighted by molar-refractivity contribution is 7.90. The zero-order chi connectivity index (χ0) is 12.9. The molecule has 0 radical (unpaired) electrons. The lowest BCUT2D eigenvalue weighted by atomic mass is 10.2. The van der Waals surface area contributed by atoms with Crippen LogP contribution in [0.2, 0.25) is 0 Å². The minimum absolute atomic E-state index is 0.222. The second-order valence-corrected chi connectivity index (χ2v) is 5.95. The molecule has 0 aromatic heterocycles. The molecule has 17 heavy (non-hydrogen) atoms. The zero-order valence-corrected chi connectivity index (χ0v) is 10.6. The Bertz CT molecular complexity index is 442. The zero-order valence-electron chi connectivity index (χ0n) is 9.76. The van der Waals surface area contributed by atoms with E-state index >= 15 is 0 Å². The normalized spacial score (nSPS) is 13.6. The molecule has 0 heterocycles. The molecule has 1 unspecified atom stereocenters. The van der Waals surface area contributed by atoms with Gasteiger partial charge in [0.15, 0.2) is 9.84 Å². The van der Waals surface area contributed by atoms with Crippen molar-refractivity contribution in [2.24, 2.45) is 5.73 Å². The van der Waals surface area contributed by atoms with Crippen molar-refractivity contribution < 1.29 is 13.5 Å². The van der Waals surface area contributed by atoms with Crippen LogP contribution in [0, 0.1) is 0 Å². The van der Waals surface area contributed by atoms with Gasteiger partial charge in [-0.2, -0.15) is 0 Å². The fourth-order valence-corrected chi connectivity index (χ4v) is 1.95. The fourth-order valence-electron chi connectivity index (χ4n) is 1.32. The Balaban J connectivity index is 2.52. The number of aliphatic hydroxyl groups is 1. The molecule has 0 saturated heterocycles. The van der Waals surface area contributed by atoms with E-state index in [0.717, 1.165) is 5.56 Å². The highest BCUT2D eigenvalue weighted by Crippen LogP contribution is 2.09. The first-order chi connectivity index (χ1) is 7.93. The second kappa shape index (κ2) is 6.11. The topological polar surface area (TPSA) is 92.4 Å². The predicted octanol–water partition coefficient (Wildman–Crippen LogP) is -0.501. The summed E-state index contributed by atoms with van der Waals surface area (Å²) >= 11 is 0. The molecule has 1 atom stereocenters. The molecule has 96 valence electrons. The van der Waals surface area contributed by atoms with Gasteiger partial charge in [-0.3, -0.25) is 0 Å². The summed E-state index contributed by atoms with van der Waals surface area (Å²) < 4.78 is 22.4. The van der Waals surface area contributed by atoms with Crippen molar-refractivity contribution in [1.29, 1.82) is 0 Å². The van der Waals surface area contributed by atoms with E-state index in [1.807, 2.05) is 0 Å². The van der Waals surface area contributed by atoms with Crippen LogP contribution in [0.1, 0.15) is 5.56 Å². The fraction of sp³-hybridized carbons (Fsp3) is 0.455. The summed E-state index contributed by atoms with van der Waals surface area (Å²) in [6, 6.07) is 6.65. The smallest absolute Gasteiger partial charge is 0.175 e. The Labute approximate surface area is 102 Å². The molecular formula is C11H18N2O3S. The highest BCUT2D eigenvalue weighted by atomic mass is 32.2. The maximum atomic E-state index is 11.2. The number of nitrogens with one attached hydrogen (secondary N) is 1. The van der Waals surface area contributed by atoms with Crippen LogP contribution in [0.5, 0.6) is 0 Å². The first-order valence-electron chi connectivity index (χ1n) is 5.31. The van der Waals surface area contributed by atoms with Crippen LogP contribution in [0.3, 0.4) is 0 Å². The molecule has 1 rings (SSSR count). The first kappa shape index (κ1) is 14.1. The molecule has 0 amide bonds. The summed E-state index contributed by atoms with van der Waals surface area (Å²) in [4.78, 5) is 0.309. The van der Waals surface area contributed by atoms with Gasteiger partial charge < -0.3 is 16.2 Å². The Morgan fingerprint density at radius 1 is 1.35 bits per heavy atom. The van der Waals surface area contributed by atoms with Crippen LogP contribution in [0.15, 0.2) is 29.2 Å². The molecule has 0 spiro atoms. The van der Waals surface area contributed by atoms with Crippen molar-refractivity contribution in [1.82, 2.24) is 5.32 Å². The van der Waals surface area contributed by atoms with Gasteiger partial charge in [0.1, 0.15) is 0 Å². The van der Waals surface area contributed by atoms with Gasteiger partial charge in [0.25, 0.3) is 0 Å². The van der Waals surface area contributed by atoms with E-state index in [2.05, 4.69) is 5.32 Å². The van der Waals surface area contributed by atoms with Crippen LogP contribution in [0.4, 0.5) is 0 Å². The van der Waals surface area contributed by atoms with Crippen molar-refractivity contribution >= 4 is 9.84 Å². The van der Waals surface area contributed by atoms with Crippen LogP contribution < -0.4 is 11.1 Å². The molecule has 0 aliphatic carbocycles. The molecule has 5 nitrogen and oxygen atoms in total. The number of benzene rings is 1. The van der Waals surface area contributed by atoms with Crippen LogP contribution in [-0.2, 0) is 16.4 Å². The van der Waals surface area contributed by atoms with Crippen molar-refractivity contribution in [3.63, 3.8) is 0 Å². The van der Waals surface area contributed by atoms with Gasteiger partial charge in [-0.15, -0.1) is 0 Å². The van der Waals surface area contributed by atoms with E-state index in [1.165, 1.54) is 6.26 Å². The van der Waals surface area contributed by atoms with Crippen molar-refractivity contribution in [3.8, 4) is 0 Å². The Morgan fingerprint density at radius 2 is 1.94 bits per heavy atom. The largest absolute Gasteiger partial charge is 0.390 e. The Morgan fingerprint density at radius 3 is 2.41 bits per heavy atom. The number of aliphatic hydroxyl groups excluding tert-OH is 1. The first-order valence-corrected chi connectivity index (χ1v) is 7.20. The standard InChI is InChI=1S/C11H18N2O3S/c1-17(15,16)11-4-2-9(3-5-11)7-13-8-10(14)6-12/h2-5,10,13-14H,6-8,12H2,1H3.